The van der Waals surface area contributed by atoms with Crippen molar-refractivity contribution in [2.45, 2.75) is 45.1 Å². The first kappa shape index (κ1) is 14.2. The lowest BCUT2D eigenvalue weighted by atomic mass is 10.1. The van der Waals surface area contributed by atoms with Crippen LogP contribution in [0, 0.1) is 5.92 Å². The highest BCUT2D eigenvalue weighted by Crippen LogP contribution is 2.28. The van der Waals surface area contributed by atoms with E-state index in [1.54, 1.807) is 11.8 Å². The van der Waals surface area contributed by atoms with Crippen molar-refractivity contribution in [3.05, 3.63) is 0 Å². The molecule has 1 saturated carbocycles. The van der Waals surface area contributed by atoms with Crippen molar-refractivity contribution in [3.63, 3.8) is 0 Å². The Morgan fingerprint density at radius 3 is 2.83 bits per heavy atom. The van der Waals surface area contributed by atoms with Gasteiger partial charge in [0.05, 0.1) is 5.75 Å². The van der Waals surface area contributed by atoms with Crippen LogP contribution in [0.5, 0.6) is 0 Å². The van der Waals surface area contributed by atoms with Crippen LogP contribution in [-0.2, 0) is 4.79 Å². The highest BCUT2D eigenvalue weighted by molar-refractivity contribution is 7.99. The van der Waals surface area contributed by atoms with Crippen molar-refractivity contribution in [1.29, 1.82) is 0 Å². The SMILES string of the molecule is CCSCC(=O)NC[C@H]1CCN(C2CCCC2)C1. The number of nitrogens with zero attached hydrogens (tertiary/aromatic N) is 1. The zero-order valence-corrected chi connectivity index (χ0v) is 12.3. The maximum absolute atomic E-state index is 11.6. The molecule has 1 aliphatic heterocycles. The first-order valence-electron chi connectivity index (χ1n) is 7.38. The van der Waals surface area contributed by atoms with Crippen molar-refractivity contribution in [2.24, 2.45) is 5.92 Å². The number of likely N-dealkylation sites (tertiary alicyclic amines) is 1. The van der Waals surface area contributed by atoms with Crippen LogP contribution < -0.4 is 5.32 Å². The number of hydrogen-bond donors (Lipinski definition) is 1. The zero-order valence-electron chi connectivity index (χ0n) is 11.5. The largest absolute Gasteiger partial charge is 0.355 e. The molecule has 0 aromatic heterocycles. The van der Waals surface area contributed by atoms with E-state index in [0.29, 0.717) is 11.7 Å². The van der Waals surface area contributed by atoms with E-state index < -0.39 is 0 Å². The number of rotatable bonds is 6. The summed E-state index contributed by atoms with van der Waals surface area (Å²) < 4.78 is 0. The molecule has 18 heavy (non-hydrogen) atoms. The number of hydrogen-bond acceptors (Lipinski definition) is 3. The van der Waals surface area contributed by atoms with Gasteiger partial charge < -0.3 is 10.2 Å². The molecule has 104 valence electrons. The van der Waals surface area contributed by atoms with Gasteiger partial charge in [-0.1, -0.05) is 19.8 Å². The van der Waals surface area contributed by atoms with Crippen molar-refractivity contribution in [1.82, 2.24) is 10.2 Å². The molecule has 1 saturated heterocycles. The molecule has 1 atom stereocenters. The van der Waals surface area contributed by atoms with E-state index in [2.05, 4.69) is 17.1 Å². The summed E-state index contributed by atoms with van der Waals surface area (Å²) in [5.41, 5.74) is 0. The molecule has 1 aliphatic carbocycles. The van der Waals surface area contributed by atoms with E-state index in [4.69, 9.17) is 0 Å². The Bertz CT molecular complexity index is 267. The van der Waals surface area contributed by atoms with Gasteiger partial charge in [0.2, 0.25) is 5.91 Å². The summed E-state index contributed by atoms with van der Waals surface area (Å²) in [6.45, 7) is 5.42. The lowest BCUT2D eigenvalue weighted by Crippen LogP contribution is -2.34. The lowest BCUT2D eigenvalue weighted by molar-refractivity contribution is -0.118. The van der Waals surface area contributed by atoms with Crippen LogP contribution in [0.15, 0.2) is 0 Å². The lowest BCUT2D eigenvalue weighted by Gasteiger charge is -2.23. The second kappa shape index (κ2) is 7.39. The Morgan fingerprint density at radius 1 is 1.33 bits per heavy atom. The Labute approximate surface area is 115 Å². The fraction of sp³-hybridized carbons (Fsp3) is 0.929. The highest BCUT2D eigenvalue weighted by Gasteiger charge is 2.29. The predicted octanol–water partition coefficient (Wildman–Crippen LogP) is 2.12. The fourth-order valence-corrected chi connectivity index (χ4v) is 3.63. The number of thioether (sulfide) groups is 1. The highest BCUT2D eigenvalue weighted by atomic mass is 32.2. The molecule has 1 amide bonds. The number of carbonyl (C=O) groups excluding carboxylic acids is 1. The molecule has 0 spiro atoms. The molecule has 2 aliphatic rings. The van der Waals surface area contributed by atoms with Crippen LogP contribution in [0.4, 0.5) is 0 Å². The molecule has 1 N–H and O–H groups in total. The van der Waals surface area contributed by atoms with E-state index >= 15 is 0 Å². The summed E-state index contributed by atoms with van der Waals surface area (Å²) in [6.07, 6.45) is 6.88. The summed E-state index contributed by atoms with van der Waals surface area (Å²) in [5.74, 6) is 2.53. The molecule has 0 bridgehead atoms. The van der Waals surface area contributed by atoms with Crippen LogP contribution in [0.25, 0.3) is 0 Å². The van der Waals surface area contributed by atoms with E-state index in [1.165, 1.54) is 45.2 Å². The Hall–Kier alpha value is -0.220. The number of carbonyl (C=O) groups is 1. The fourth-order valence-electron chi connectivity index (χ4n) is 3.13. The van der Waals surface area contributed by atoms with Gasteiger partial charge in [0, 0.05) is 19.1 Å². The summed E-state index contributed by atoms with van der Waals surface area (Å²) in [7, 11) is 0. The van der Waals surface area contributed by atoms with E-state index in [9.17, 15) is 4.79 Å². The number of nitrogens with one attached hydrogen (secondary N) is 1. The minimum absolute atomic E-state index is 0.209. The van der Waals surface area contributed by atoms with Gasteiger partial charge in [0.15, 0.2) is 0 Å². The van der Waals surface area contributed by atoms with Crippen LogP contribution in [0.1, 0.15) is 39.0 Å². The number of amides is 1. The molecule has 3 nitrogen and oxygen atoms in total. The quantitative estimate of drug-likeness (QED) is 0.802. The topological polar surface area (TPSA) is 32.3 Å². The predicted molar refractivity (Wildman–Crippen MR) is 77.9 cm³/mol. The molecule has 2 rings (SSSR count). The van der Waals surface area contributed by atoms with Crippen molar-refractivity contribution in [3.8, 4) is 0 Å². The van der Waals surface area contributed by atoms with Crippen molar-refractivity contribution < 1.29 is 4.79 Å². The normalized spacial score (nSPS) is 25.7. The minimum atomic E-state index is 0.209. The van der Waals surface area contributed by atoms with Gasteiger partial charge in [-0.25, -0.2) is 0 Å². The third-order valence-corrected chi connectivity index (χ3v) is 5.06. The monoisotopic (exact) mass is 270 g/mol. The van der Waals surface area contributed by atoms with Crippen LogP contribution >= 0.6 is 11.8 Å². The standard InChI is InChI=1S/C14H26N2OS/c1-2-18-11-14(17)15-9-12-7-8-16(10-12)13-5-3-4-6-13/h12-13H,2-11H2,1H3,(H,15,17)/t12-/m1/s1. The summed E-state index contributed by atoms with van der Waals surface area (Å²) in [6, 6.07) is 0.848. The van der Waals surface area contributed by atoms with Crippen LogP contribution in [-0.4, -0.2) is 48.0 Å². The zero-order chi connectivity index (χ0) is 12.8. The molecule has 0 aromatic rings. The third kappa shape index (κ3) is 4.16. The van der Waals surface area contributed by atoms with Crippen LogP contribution in [0.2, 0.25) is 0 Å². The van der Waals surface area contributed by atoms with Gasteiger partial charge in [0.25, 0.3) is 0 Å². The van der Waals surface area contributed by atoms with E-state index in [1.807, 2.05) is 0 Å². The van der Waals surface area contributed by atoms with Gasteiger partial charge in [-0.3, -0.25) is 4.79 Å². The van der Waals surface area contributed by atoms with Crippen molar-refractivity contribution in [2.75, 3.05) is 31.1 Å². The van der Waals surface area contributed by atoms with Gasteiger partial charge in [-0.15, -0.1) is 0 Å². The first-order valence-corrected chi connectivity index (χ1v) is 8.53. The van der Waals surface area contributed by atoms with E-state index in [0.717, 1.165) is 18.3 Å². The maximum atomic E-state index is 11.6. The second-order valence-corrected chi connectivity index (χ2v) is 6.80. The molecule has 4 heteroatoms. The third-order valence-electron chi connectivity index (χ3n) is 4.18. The summed E-state index contributed by atoms with van der Waals surface area (Å²) >= 11 is 1.70. The molecular formula is C14H26N2OS. The summed E-state index contributed by atoms with van der Waals surface area (Å²) in [4.78, 5) is 14.2. The Balaban J connectivity index is 1.61. The Kier molecular flexibility index (Phi) is 5.83. The molecule has 0 unspecified atom stereocenters. The van der Waals surface area contributed by atoms with Gasteiger partial charge in [-0.05, 0) is 37.5 Å². The van der Waals surface area contributed by atoms with Crippen LogP contribution in [0.3, 0.4) is 0 Å². The minimum Gasteiger partial charge on any atom is -0.355 e. The maximum Gasteiger partial charge on any atom is 0.230 e. The first-order chi connectivity index (χ1) is 8.79. The molecular weight excluding hydrogens is 244 g/mol. The average molecular weight is 270 g/mol. The van der Waals surface area contributed by atoms with E-state index in [-0.39, 0.29) is 5.91 Å². The smallest absolute Gasteiger partial charge is 0.230 e. The van der Waals surface area contributed by atoms with Gasteiger partial charge in [-0.2, -0.15) is 11.8 Å². The van der Waals surface area contributed by atoms with Crippen molar-refractivity contribution >= 4 is 17.7 Å². The second-order valence-electron chi connectivity index (χ2n) is 5.53. The summed E-state index contributed by atoms with van der Waals surface area (Å²) in [5, 5.41) is 3.08. The average Bonchev–Trinajstić information content (AvgIpc) is 3.03. The molecule has 1 heterocycles. The van der Waals surface area contributed by atoms with Gasteiger partial charge >= 0.3 is 0 Å². The molecule has 0 radical (unpaired) electrons. The molecule has 2 fully saturated rings. The van der Waals surface area contributed by atoms with Gasteiger partial charge in [0.1, 0.15) is 0 Å². The Morgan fingerprint density at radius 2 is 2.11 bits per heavy atom. The molecule has 0 aromatic carbocycles.